The van der Waals surface area contributed by atoms with Crippen LogP contribution in [0, 0.1) is 44.6 Å². The summed E-state index contributed by atoms with van der Waals surface area (Å²) in [7, 11) is -0.531. The first kappa shape index (κ1) is 29.8. The molecule has 0 unspecified atom stereocenters. The number of rotatable bonds is 13. The molecule has 4 N–H and O–H groups in total. The number of nitrogens with two attached hydrogens (primary N) is 1. The molecule has 11 nitrogen and oxygen atoms in total. The minimum atomic E-state index is -0.771. The zero-order chi connectivity index (χ0) is 28.8. The average molecular weight is 548 g/mol. The summed E-state index contributed by atoms with van der Waals surface area (Å²) in [5, 5.41) is 13.0. The van der Waals surface area contributed by atoms with E-state index in [0.29, 0.717) is 37.0 Å². The molecule has 1 amide bonds. The number of amides is 1. The molecule has 0 aromatic rings. The lowest BCUT2D eigenvalue weighted by Gasteiger charge is -2.64. The van der Waals surface area contributed by atoms with Crippen molar-refractivity contribution in [2.45, 2.75) is 111 Å². The predicted molar refractivity (Wildman–Crippen MR) is 148 cm³/mol. The Morgan fingerprint density at radius 1 is 1.21 bits per heavy atom. The van der Waals surface area contributed by atoms with E-state index in [2.05, 4.69) is 44.9 Å². The van der Waals surface area contributed by atoms with E-state index >= 15 is 0 Å². The maximum Gasteiger partial charge on any atom is 0.481 e. The van der Waals surface area contributed by atoms with Crippen LogP contribution in [0.4, 0.5) is 0 Å². The van der Waals surface area contributed by atoms with Crippen molar-refractivity contribution in [2.24, 2.45) is 45.2 Å². The van der Waals surface area contributed by atoms with Crippen molar-refractivity contribution in [3.63, 3.8) is 0 Å². The van der Waals surface area contributed by atoms with Crippen molar-refractivity contribution >= 4 is 24.8 Å². The first-order valence-corrected chi connectivity index (χ1v) is 14.5. The van der Waals surface area contributed by atoms with Gasteiger partial charge in [-0.1, -0.05) is 40.0 Å². The Morgan fingerprint density at radius 2 is 1.90 bits per heavy atom. The Bertz CT molecular complexity index is 1000. The fourth-order valence-corrected chi connectivity index (χ4v) is 7.05. The summed E-state index contributed by atoms with van der Waals surface area (Å²) in [4.78, 5) is 41.1. The van der Waals surface area contributed by atoms with Crippen molar-refractivity contribution in [2.75, 3.05) is 6.54 Å². The highest BCUT2D eigenvalue weighted by molar-refractivity contribution is 6.47. The van der Waals surface area contributed by atoms with Gasteiger partial charge in [-0.2, -0.15) is 0 Å². The van der Waals surface area contributed by atoms with Crippen molar-refractivity contribution in [1.82, 2.24) is 10.7 Å². The highest BCUT2D eigenvalue weighted by Gasteiger charge is 2.68. The molecule has 6 atom stereocenters. The van der Waals surface area contributed by atoms with Gasteiger partial charge in [0.1, 0.15) is 5.78 Å². The molecule has 12 heteroatoms. The Hall–Kier alpha value is -2.21. The molecule has 1 heterocycles. The van der Waals surface area contributed by atoms with E-state index in [1.165, 1.54) is 0 Å². The zero-order valence-corrected chi connectivity index (χ0v) is 24.3. The van der Waals surface area contributed by atoms with Gasteiger partial charge in [-0.3, -0.25) is 9.59 Å². The van der Waals surface area contributed by atoms with Gasteiger partial charge in [-0.05, 0) is 75.0 Å². The van der Waals surface area contributed by atoms with Gasteiger partial charge in [0.05, 0.1) is 17.6 Å². The van der Waals surface area contributed by atoms with Crippen LogP contribution in [0.3, 0.4) is 0 Å². The molecule has 4 aliphatic carbocycles. The third kappa shape index (κ3) is 6.26. The lowest BCUT2D eigenvalue weighted by atomic mass is 9.43. The molecule has 39 heavy (non-hydrogen) atoms. The average Bonchev–Trinajstić information content (AvgIpc) is 3.47. The monoisotopic (exact) mass is 547 g/mol. The molecular weight excluding hydrogens is 501 g/mol. The van der Waals surface area contributed by atoms with Crippen molar-refractivity contribution in [1.29, 1.82) is 0 Å². The van der Waals surface area contributed by atoms with Crippen LogP contribution >= 0.6 is 0 Å². The molecule has 0 radical (unpaired) electrons. The van der Waals surface area contributed by atoms with E-state index in [-0.39, 0.29) is 59.1 Å². The third-order valence-electron chi connectivity index (χ3n) is 10.0. The van der Waals surface area contributed by atoms with Crippen LogP contribution < -0.4 is 16.5 Å². The first-order chi connectivity index (χ1) is 18.2. The summed E-state index contributed by atoms with van der Waals surface area (Å²) >= 11 is 0. The second-order valence-electron chi connectivity index (χ2n) is 13.7. The number of hydrogen-bond donors (Lipinski definition) is 3. The van der Waals surface area contributed by atoms with Crippen molar-refractivity contribution in [3.05, 3.63) is 10.1 Å². The van der Waals surface area contributed by atoms with E-state index in [9.17, 15) is 19.7 Å². The fourth-order valence-electron chi connectivity index (χ4n) is 7.05. The van der Waals surface area contributed by atoms with Gasteiger partial charge in [-0.25, -0.2) is 15.1 Å². The molecule has 218 valence electrons. The number of Topliss-reactive ketones (excluding diaryl/α,β-unsaturated/α-hetero) is 1. The number of hydrazine groups is 1. The minimum absolute atomic E-state index is 0.0223. The normalized spacial score (nSPS) is 31.6. The molecule has 0 aromatic carbocycles. The Morgan fingerprint density at radius 3 is 2.49 bits per heavy atom. The van der Waals surface area contributed by atoms with Crippen LogP contribution in [0.15, 0.2) is 4.99 Å². The number of carbonyl (C=O) groups excluding carboxylic acids is 2. The predicted octanol–water partition coefficient (Wildman–Crippen LogP) is 3.04. The number of guanidine groups is 1. The standard InChI is InChI=1S/C27H46BN5O6/c1-16(2)12-22(28-38-21-15-18-14-19(25(18,3)4)27(21,6)39-28)31-23(35)17(13-20(34)26(5)9-10-26)8-7-11-30-24(29)32-33(36)37/h16-19,21-22H,7-15H2,1-6H3,(H,31,35)(H3,29,30,32)/t17-,18+,19+,21-,22+,27+/m1/s1. The topological polar surface area (TPSA) is 158 Å². The van der Waals surface area contributed by atoms with Gasteiger partial charge in [0.2, 0.25) is 5.91 Å². The highest BCUT2D eigenvalue weighted by Crippen LogP contribution is 2.65. The van der Waals surface area contributed by atoms with Gasteiger partial charge in [0.25, 0.3) is 5.96 Å². The molecule has 1 saturated heterocycles. The van der Waals surface area contributed by atoms with Crippen LogP contribution in [-0.4, -0.2) is 54.0 Å². The van der Waals surface area contributed by atoms with Gasteiger partial charge in [0, 0.05) is 24.3 Å². The Labute approximate surface area is 232 Å². The molecule has 5 fully saturated rings. The molecule has 4 saturated carbocycles. The zero-order valence-electron chi connectivity index (χ0n) is 24.3. The number of nitrogens with zero attached hydrogens (tertiary/aromatic N) is 2. The van der Waals surface area contributed by atoms with E-state index < -0.39 is 18.1 Å². The maximum atomic E-state index is 13.7. The first-order valence-electron chi connectivity index (χ1n) is 14.5. The summed E-state index contributed by atoms with van der Waals surface area (Å²) < 4.78 is 13.2. The van der Waals surface area contributed by atoms with Crippen LogP contribution in [0.5, 0.6) is 0 Å². The molecule has 0 spiro atoms. The molecule has 1 aliphatic heterocycles. The number of nitrogens with one attached hydrogen (secondary N) is 2. The van der Waals surface area contributed by atoms with E-state index in [1.807, 2.05) is 12.3 Å². The number of carbonyl (C=O) groups is 2. The van der Waals surface area contributed by atoms with E-state index in [1.54, 1.807) is 0 Å². The third-order valence-corrected chi connectivity index (χ3v) is 10.0. The van der Waals surface area contributed by atoms with Crippen molar-refractivity contribution < 1.29 is 23.9 Å². The van der Waals surface area contributed by atoms with Gasteiger partial charge in [0.15, 0.2) is 5.03 Å². The van der Waals surface area contributed by atoms with E-state index in [4.69, 9.17) is 15.0 Å². The largest absolute Gasteiger partial charge is 0.481 e. The number of hydrogen-bond acceptors (Lipinski definition) is 7. The molecular formula is C27H46BN5O6. The van der Waals surface area contributed by atoms with Crippen molar-refractivity contribution in [3.8, 4) is 0 Å². The quantitative estimate of drug-likeness (QED) is 0.0793. The van der Waals surface area contributed by atoms with Gasteiger partial charge >= 0.3 is 7.12 Å². The summed E-state index contributed by atoms with van der Waals surface area (Å²) in [5.74, 6) is 0.147. The minimum Gasteiger partial charge on any atom is -0.404 e. The number of aliphatic imine (C=N–C) groups is 1. The summed E-state index contributed by atoms with van der Waals surface area (Å²) in [6.07, 6.45) is 5.60. The molecule has 5 rings (SSSR count). The summed E-state index contributed by atoms with van der Waals surface area (Å²) in [6, 6.07) is 0. The fraction of sp³-hybridized carbons (Fsp3) is 0.889. The second-order valence-corrected chi connectivity index (χ2v) is 13.7. The maximum absolute atomic E-state index is 13.7. The van der Waals surface area contributed by atoms with Gasteiger partial charge in [-0.15, -0.1) is 0 Å². The molecule has 5 aliphatic rings. The van der Waals surface area contributed by atoms with Gasteiger partial charge < -0.3 is 20.4 Å². The van der Waals surface area contributed by atoms with Crippen LogP contribution in [-0.2, 0) is 18.9 Å². The van der Waals surface area contributed by atoms with Crippen LogP contribution in [0.1, 0.15) is 92.9 Å². The second kappa shape index (κ2) is 11.0. The van der Waals surface area contributed by atoms with Crippen LogP contribution in [0.2, 0.25) is 0 Å². The Kier molecular flexibility index (Phi) is 8.39. The SMILES string of the molecule is CC(C)C[C@H](NC(=O)[C@H](CCCN=C(N)N[N+](=O)[O-])CC(=O)C1(C)CC1)B1O[C@@H]2C[C@@H]3C[C@@H](C3(C)C)[C@]2(C)O1. The Balaban J connectivity index is 1.43. The lowest BCUT2D eigenvalue weighted by Crippen LogP contribution is -2.65. The van der Waals surface area contributed by atoms with E-state index in [0.717, 1.165) is 25.7 Å². The highest BCUT2D eigenvalue weighted by atomic mass is 16.7. The summed E-state index contributed by atoms with van der Waals surface area (Å²) in [6.45, 7) is 13.2. The van der Waals surface area contributed by atoms with Crippen LogP contribution in [0.25, 0.3) is 0 Å². The summed E-state index contributed by atoms with van der Waals surface area (Å²) in [5.41, 5.74) is 6.85. The smallest absolute Gasteiger partial charge is 0.404 e. The number of ketones is 1. The lowest BCUT2D eigenvalue weighted by molar-refractivity contribution is -0.525. The molecule has 0 aromatic heterocycles. The molecule has 2 bridgehead atoms. The number of nitro groups is 1.